The lowest BCUT2D eigenvalue weighted by atomic mass is 10.1. The molecule has 2 aromatic heterocycles. The van der Waals surface area contributed by atoms with Crippen LogP contribution in [0.4, 0.5) is 5.82 Å². The molecule has 0 aliphatic heterocycles. The molecule has 5 nitrogen and oxygen atoms in total. The summed E-state index contributed by atoms with van der Waals surface area (Å²) >= 11 is 0. The summed E-state index contributed by atoms with van der Waals surface area (Å²) in [6.45, 7) is 0. The summed E-state index contributed by atoms with van der Waals surface area (Å²) in [6, 6.07) is 7.67. The lowest BCUT2D eigenvalue weighted by Crippen LogP contribution is -1.88. The van der Waals surface area contributed by atoms with E-state index in [-0.39, 0.29) is 0 Å². The number of anilines is 1. The molecule has 16 heavy (non-hydrogen) atoms. The molecule has 0 bridgehead atoms. The van der Waals surface area contributed by atoms with E-state index in [0.717, 1.165) is 16.5 Å². The maximum absolute atomic E-state index is 5.52. The van der Waals surface area contributed by atoms with Crippen LogP contribution in [0.2, 0.25) is 0 Å². The second-order valence-corrected chi connectivity index (χ2v) is 3.66. The van der Waals surface area contributed by atoms with Gasteiger partial charge in [-0.2, -0.15) is 5.10 Å². The fourth-order valence-corrected chi connectivity index (χ4v) is 1.72. The maximum Gasteiger partial charge on any atom is 0.169 e. The van der Waals surface area contributed by atoms with E-state index >= 15 is 0 Å². The van der Waals surface area contributed by atoms with E-state index in [4.69, 9.17) is 10.3 Å². The van der Waals surface area contributed by atoms with Gasteiger partial charge < -0.3 is 10.3 Å². The highest BCUT2D eigenvalue weighted by Gasteiger charge is 2.07. The van der Waals surface area contributed by atoms with Crippen molar-refractivity contribution in [3.8, 4) is 11.3 Å². The van der Waals surface area contributed by atoms with Gasteiger partial charge in [0.2, 0.25) is 0 Å². The summed E-state index contributed by atoms with van der Waals surface area (Å²) in [5, 5.41) is 8.94. The Morgan fingerprint density at radius 3 is 2.94 bits per heavy atom. The molecule has 0 amide bonds. The van der Waals surface area contributed by atoms with Gasteiger partial charge >= 0.3 is 0 Å². The van der Waals surface area contributed by atoms with Crippen molar-refractivity contribution in [1.29, 1.82) is 0 Å². The van der Waals surface area contributed by atoms with Gasteiger partial charge in [-0.15, -0.1) is 0 Å². The number of nitrogen functional groups attached to an aromatic ring is 1. The monoisotopic (exact) mass is 214 g/mol. The average molecular weight is 214 g/mol. The second-order valence-electron chi connectivity index (χ2n) is 3.66. The fourth-order valence-electron chi connectivity index (χ4n) is 1.72. The van der Waals surface area contributed by atoms with Crippen molar-refractivity contribution in [2.24, 2.45) is 7.05 Å². The fraction of sp³-hybridized carbons (Fsp3) is 0.0909. The number of nitrogens with two attached hydrogens (primary N) is 1. The van der Waals surface area contributed by atoms with E-state index in [0.29, 0.717) is 11.6 Å². The minimum Gasteiger partial charge on any atom is -0.381 e. The first-order valence-electron chi connectivity index (χ1n) is 4.88. The molecule has 3 aromatic rings. The number of rotatable bonds is 1. The van der Waals surface area contributed by atoms with Crippen molar-refractivity contribution < 1.29 is 4.52 Å². The molecule has 0 unspecified atom stereocenters. The van der Waals surface area contributed by atoms with Gasteiger partial charge in [-0.3, -0.25) is 4.68 Å². The van der Waals surface area contributed by atoms with E-state index in [2.05, 4.69) is 10.3 Å². The number of hydrogen-bond acceptors (Lipinski definition) is 4. The Bertz CT molecular complexity index is 653. The Kier molecular flexibility index (Phi) is 1.73. The van der Waals surface area contributed by atoms with Crippen molar-refractivity contribution in [3.05, 3.63) is 30.5 Å². The molecule has 5 heteroatoms. The second kappa shape index (κ2) is 3.10. The van der Waals surface area contributed by atoms with Crippen molar-refractivity contribution in [3.63, 3.8) is 0 Å². The summed E-state index contributed by atoms with van der Waals surface area (Å²) in [4.78, 5) is 0. The molecule has 0 atom stereocenters. The zero-order chi connectivity index (χ0) is 11.1. The van der Waals surface area contributed by atoms with Crippen LogP contribution in [-0.4, -0.2) is 14.9 Å². The molecule has 0 radical (unpaired) electrons. The number of benzene rings is 1. The van der Waals surface area contributed by atoms with Gasteiger partial charge in [0, 0.05) is 24.1 Å². The van der Waals surface area contributed by atoms with Gasteiger partial charge in [0.1, 0.15) is 0 Å². The van der Waals surface area contributed by atoms with Crippen LogP contribution in [0.15, 0.2) is 35.0 Å². The number of aromatic nitrogens is 3. The maximum atomic E-state index is 5.52. The Labute approximate surface area is 91.4 Å². The van der Waals surface area contributed by atoms with Gasteiger partial charge in [-0.05, 0) is 6.07 Å². The van der Waals surface area contributed by atoms with Crippen LogP contribution in [0.3, 0.4) is 0 Å². The summed E-state index contributed by atoms with van der Waals surface area (Å²) < 4.78 is 6.93. The molecule has 0 saturated carbocycles. The first kappa shape index (κ1) is 8.96. The third kappa shape index (κ3) is 1.25. The minimum absolute atomic E-state index is 0.389. The number of nitrogens with zero attached hydrogens (tertiary/aromatic N) is 3. The summed E-state index contributed by atoms with van der Waals surface area (Å²) in [5.41, 5.74) is 7.51. The standard InChI is InChI=1S/C11H10N4O/c1-15-9-4-7(2-3-8(9)6-13-15)10-5-11(12)14-16-10/h2-6H,1H3,(H2,12,14). The van der Waals surface area contributed by atoms with Crippen molar-refractivity contribution in [2.75, 3.05) is 5.73 Å². The van der Waals surface area contributed by atoms with E-state index < -0.39 is 0 Å². The summed E-state index contributed by atoms with van der Waals surface area (Å²) in [5.74, 6) is 1.06. The predicted molar refractivity (Wildman–Crippen MR) is 60.6 cm³/mol. The zero-order valence-electron chi connectivity index (χ0n) is 8.71. The highest BCUT2D eigenvalue weighted by molar-refractivity contribution is 5.83. The van der Waals surface area contributed by atoms with Crippen LogP contribution in [0.25, 0.3) is 22.2 Å². The largest absolute Gasteiger partial charge is 0.381 e. The number of hydrogen-bond donors (Lipinski definition) is 1. The first-order chi connectivity index (χ1) is 7.74. The van der Waals surface area contributed by atoms with Gasteiger partial charge in [-0.1, -0.05) is 17.3 Å². The van der Waals surface area contributed by atoms with E-state index in [1.165, 1.54) is 0 Å². The topological polar surface area (TPSA) is 69.9 Å². The smallest absolute Gasteiger partial charge is 0.169 e. The van der Waals surface area contributed by atoms with Gasteiger partial charge in [0.25, 0.3) is 0 Å². The van der Waals surface area contributed by atoms with E-state index in [1.807, 2.05) is 36.1 Å². The first-order valence-corrected chi connectivity index (χ1v) is 4.88. The van der Waals surface area contributed by atoms with E-state index in [1.54, 1.807) is 6.07 Å². The highest BCUT2D eigenvalue weighted by Crippen LogP contribution is 2.25. The van der Waals surface area contributed by atoms with E-state index in [9.17, 15) is 0 Å². The van der Waals surface area contributed by atoms with Gasteiger partial charge in [0.05, 0.1) is 11.7 Å². The Hall–Kier alpha value is -2.30. The van der Waals surface area contributed by atoms with Crippen LogP contribution < -0.4 is 5.73 Å². The van der Waals surface area contributed by atoms with Gasteiger partial charge in [0.15, 0.2) is 11.6 Å². The van der Waals surface area contributed by atoms with Crippen molar-refractivity contribution >= 4 is 16.7 Å². The van der Waals surface area contributed by atoms with Crippen LogP contribution in [-0.2, 0) is 7.05 Å². The average Bonchev–Trinajstić information content (AvgIpc) is 2.86. The number of fused-ring (bicyclic) bond motifs is 1. The summed E-state index contributed by atoms with van der Waals surface area (Å²) in [7, 11) is 1.90. The molecule has 80 valence electrons. The molecule has 0 spiro atoms. The Balaban J connectivity index is 2.21. The van der Waals surface area contributed by atoms with Crippen LogP contribution in [0.1, 0.15) is 0 Å². The van der Waals surface area contributed by atoms with Gasteiger partial charge in [-0.25, -0.2) is 0 Å². The third-order valence-corrected chi connectivity index (χ3v) is 2.56. The molecule has 1 aromatic carbocycles. The molecule has 0 aliphatic rings. The Morgan fingerprint density at radius 1 is 1.31 bits per heavy atom. The molecule has 3 rings (SSSR count). The third-order valence-electron chi connectivity index (χ3n) is 2.56. The molecule has 2 N–H and O–H groups in total. The highest BCUT2D eigenvalue weighted by atomic mass is 16.5. The molecule has 0 aliphatic carbocycles. The molecular weight excluding hydrogens is 204 g/mol. The number of aryl methyl sites for hydroxylation is 1. The zero-order valence-corrected chi connectivity index (χ0v) is 8.71. The quantitative estimate of drug-likeness (QED) is 0.670. The van der Waals surface area contributed by atoms with Crippen LogP contribution >= 0.6 is 0 Å². The lowest BCUT2D eigenvalue weighted by Gasteiger charge is -1.97. The van der Waals surface area contributed by atoms with Crippen LogP contribution in [0.5, 0.6) is 0 Å². The van der Waals surface area contributed by atoms with Crippen molar-refractivity contribution in [1.82, 2.24) is 14.9 Å². The van der Waals surface area contributed by atoms with Crippen molar-refractivity contribution in [2.45, 2.75) is 0 Å². The predicted octanol–water partition coefficient (Wildman–Crippen LogP) is 1.81. The molecule has 0 saturated heterocycles. The van der Waals surface area contributed by atoms with Crippen LogP contribution in [0, 0.1) is 0 Å². The molecule has 0 fully saturated rings. The molecular formula is C11H10N4O. The molecule has 2 heterocycles. The normalized spacial score (nSPS) is 11.1. The minimum atomic E-state index is 0.389. The Morgan fingerprint density at radius 2 is 2.19 bits per heavy atom. The lowest BCUT2D eigenvalue weighted by molar-refractivity contribution is 0.436. The SMILES string of the molecule is Cn1ncc2ccc(-c3cc(N)no3)cc21. The summed E-state index contributed by atoms with van der Waals surface area (Å²) in [6.07, 6.45) is 1.83.